The van der Waals surface area contributed by atoms with Crippen molar-refractivity contribution >= 4 is 12.9 Å². The van der Waals surface area contributed by atoms with Crippen molar-refractivity contribution in [1.29, 1.82) is 0 Å². The quantitative estimate of drug-likeness (QED) is 0.205. The topological polar surface area (TPSA) is 18.5 Å². The van der Waals surface area contributed by atoms with Gasteiger partial charge in [-0.15, -0.1) is 0 Å². The Morgan fingerprint density at radius 1 is 1.10 bits per heavy atom. The lowest BCUT2D eigenvalue weighted by Crippen LogP contribution is -1.89. The van der Waals surface area contributed by atoms with E-state index in [2.05, 4.69) is 29.1 Å². The average Bonchev–Trinajstić information content (AvgIpc) is 1.97. The molecule has 0 aliphatic rings. The van der Waals surface area contributed by atoms with E-state index in [9.17, 15) is 0 Å². The maximum atomic E-state index is 4.58. The molecular formula is C7H16O2S. The van der Waals surface area contributed by atoms with Gasteiger partial charge in [0, 0.05) is 12.9 Å². The molecule has 62 valence electrons. The second kappa shape index (κ2) is 9.27. The van der Waals surface area contributed by atoms with Crippen LogP contribution in [-0.4, -0.2) is 6.61 Å². The van der Waals surface area contributed by atoms with Gasteiger partial charge >= 0.3 is 0 Å². The highest BCUT2D eigenvalue weighted by molar-refractivity contribution is 7.74. The average molecular weight is 164 g/mol. The lowest BCUT2D eigenvalue weighted by Gasteiger charge is -1.97. The van der Waals surface area contributed by atoms with Crippen molar-refractivity contribution < 1.29 is 9.22 Å². The van der Waals surface area contributed by atoms with Gasteiger partial charge in [0.1, 0.15) is 0 Å². The van der Waals surface area contributed by atoms with Gasteiger partial charge in [-0.05, 0) is 6.42 Å². The molecule has 0 rings (SSSR count). The standard InChI is InChI=1S/C7H16O2S/c1-2-3-4-5-6-7-8-9-10/h10H,2-7H2,1H3. The first kappa shape index (κ1) is 10.3. The lowest BCUT2D eigenvalue weighted by atomic mass is 10.2. The minimum absolute atomic E-state index is 0.660. The molecular weight excluding hydrogens is 148 g/mol. The van der Waals surface area contributed by atoms with Crippen molar-refractivity contribution in [2.24, 2.45) is 0 Å². The third-order valence-corrected chi connectivity index (χ3v) is 1.49. The van der Waals surface area contributed by atoms with Crippen LogP contribution >= 0.6 is 12.9 Å². The Kier molecular flexibility index (Phi) is 9.52. The molecule has 0 bridgehead atoms. The maximum absolute atomic E-state index is 4.58. The van der Waals surface area contributed by atoms with E-state index in [1.165, 1.54) is 25.7 Å². The Labute approximate surface area is 68.4 Å². The molecule has 0 fully saturated rings. The summed E-state index contributed by atoms with van der Waals surface area (Å²) in [4.78, 5) is 4.58. The van der Waals surface area contributed by atoms with E-state index in [0.29, 0.717) is 6.61 Å². The SMILES string of the molecule is CCCCCCCOOS. The predicted octanol–water partition coefficient (Wildman–Crippen LogP) is 2.75. The molecule has 0 unspecified atom stereocenters. The lowest BCUT2D eigenvalue weighted by molar-refractivity contribution is -0.188. The van der Waals surface area contributed by atoms with E-state index in [4.69, 9.17) is 0 Å². The van der Waals surface area contributed by atoms with Gasteiger partial charge in [-0.3, -0.25) is 0 Å². The van der Waals surface area contributed by atoms with Crippen LogP contribution in [0.4, 0.5) is 0 Å². The van der Waals surface area contributed by atoms with Gasteiger partial charge in [0.2, 0.25) is 0 Å². The Bertz CT molecular complexity index is 51.6. The van der Waals surface area contributed by atoms with Gasteiger partial charge in [0.15, 0.2) is 0 Å². The summed E-state index contributed by atoms with van der Waals surface area (Å²) in [7, 11) is 0. The fourth-order valence-corrected chi connectivity index (χ4v) is 0.876. The van der Waals surface area contributed by atoms with Crippen molar-refractivity contribution in [3.63, 3.8) is 0 Å². The monoisotopic (exact) mass is 164 g/mol. The van der Waals surface area contributed by atoms with Gasteiger partial charge in [0.05, 0.1) is 6.61 Å². The van der Waals surface area contributed by atoms with Crippen molar-refractivity contribution in [3.8, 4) is 0 Å². The molecule has 0 radical (unpaired) electrons. The third kappa shape index (κ3) is 8.27. The molecule has 0 amide bonds. The highest BCUT2D eigenvalue weighted by atomic mass is 32.1. The molecule has 3 heteroatoms. The number of thiol groups is 1. The van der Waals surface area contributed by atoms with E-state index >= 15 is 0 Å². The maximum Gasteiger partial charge on any atom is 0.0834 e. The zero-order chi connectivity index (χ0) is 7.66. The van der Waals surface area contributed by atoms with Crippen molar-refractivity contribution in [1.82, 2.24) is 0 Å². The molecule has 0 aromatic heterocycles. The number of hydrogen-bond donors (Lipinski definition) is 1. The summed E-state index contributed by atoms with van der Waals surface area (Å²) < 4.78 is 4.14. The van der Waals surface area contributed by atoms with Crippen molar-refractivity contribution in [2.45, 2.75) is 39.0 Å². The first-order valence-electron chi connectivity index (χ1n) is 3.85. The zero-order valence-corrected chi connectivity index (χ0v) is 7.40. The third-order valence-electron chi connectivity index (χ3n) is 1.38. The molecule has 0 spiro atoms. The molecule has 0 aromatic carbocycles. The Morgan fingerprint density at radius 2 is 1.80 bits per heavy atom. The van der Waals surface area contributed by atoms with Crippen LogP contribution in [0.3, 0.4) is 0 Å². The van der Waals surface area contributed by atoms with Gasteiger partial charge in [-0.25, -0.2) is 4.89 Å². The van der Waals surface area contributed by atoms with Gasteiger partial charge in [-0.1, -0.05) is 32.6 Å². The Hall–Kier alpha value is 0.270. The fraction of sp³-hybridized carbons (Fsp3) is 1.00. The van der Waals surface area contributed by atoms with Gasteiger partial charge in [-0.2, -0.15) is 4.33 Å². The predicted molar refractivity (Wildman–Crippen MR) is 44.8 cm³/mol. The van der Waals surface area contributed by atoms with Crippen molar-refractivity contribution in [3.05, 3.63) is 0 Å². The highest BCUT2D eigenvalue weighted by Gasteiger charge is 1.88. The van der Waals surface area contributed by atoms with Crippen LogP contribution in [0.5, 0.6) is 0 Å². The molecule has 0 aliphatic carbocycles. The summed E-state index contributed by atoms with van der Waals surface area (Å²) in [5.74, 6) is 0. The minimum atomic E-state index is 0.660. The summed E-state index contributed by atoms with van der Waals surface area (Å²) in [5.41, 5.74) is 0. The molecule has 0 saturated carbocycles. The first-order valence-corrected chi connectivity index (χ1v) is 4.21. The minimum Gasteiger partial charge on any atom is -0.225 e. The fourth-order valence-electron chi connectivity index (χ4n) is 0.802. The largest absolute Gasteiger partial charge is 0.225 e. The molecule has 0 aliphatic heterocycles. The van der Waals surface area contributed by atoms with E-state index < -0.39 is 0 Å². The van der Waals surface area contributed by atoms with Crippen molar-refractivity contribution in [2.75, 3.05) is 6.61 Å². The Balaban J connectivity index is 2.65. The normalized spacial score (nSPS) is 10.2. The van der Waals surface area contributed by atoms with E-state index in [1.807, 2.05) is 0 Å². The zero-order valence-electron chi connectivity index (χ0n) is 6.51. The molecule has 0 aromatic rings. The number of unbranched alkanes of at least 4 members (excludes halogenated alkanes) is 4. The summed E-state index contributed by atoms with van der Waals surface area (Å²) in [6.45, 7) is 2.86. The molecule has 0 saturated heterocycles. The second-order valence-electron chi connectivity index (χ2n) is 2.31. The van der Waals surface area contributed by atoms with Gasteiger partial charge < -0.3 is 0 Å². The number of hydrogen-bond acceptors (Lipinski definition) is 3. The number of rotatable bonds is 7. The summed E-state index contributed by atoms with van der Waals surface area (Å²) in [6, 6.07) is 0. The first-order chi connectivity index (χ1) is 4.91. The molecule has 0 heterocycles. The van der Waals surface area contributed by atoms with E-state index in [0.717, 1.165) is 6.42 Å². The molecule has 0 atom stereocenters. The highest BCUT2D eigenvalue weighted by Crippen LogP contribution is 2.02. The van der Waals surface area contributed by atoms with Crippen LogP contribution in [0, 0.1) is 0 Å². The van der Waals surface area contributed by atoms with E-state index in [1.54, 1.807) is 0 Å². The van der Waals surface area contributed by atoms with Crippen LogP contribution in [0.1, 0.15) is 39.0 Å². The summed E-state index contributed by atoms with van der Waals surface area (Å²) in [5, 5.41) is 0. The smallest absolute Gasteiger partial charge is 0.0834 e. The Morgan fingerprint density at radius 3 is 2.40 bits per heavy atom. The summed E-state index contributed by atoms with van der Waals surface area (Å²) in [6.07, 6.45) is 6.20. The van der Waals surface area contributed by atoms with Crippen LogP contribution in [0.2, 0.25) is 0 Å². The van der Waals surface area contributed by atoms with Gasteiger partial charge in [0.25, 0.3) is 0 Å². The van der Waals surface area contributed by atoms with Crippen LogP contribution in [0.25, 0.3) is 0 Å². The molecule has 2 nitrogen and oxygen atoms in total. The molecule has 10 heavy (non-hydrogen) atoms. The van der Waals surface area contributed by atoms with Crippen LogP contribution in [-0.2, 0) is 9.22 Å². The molecule has 0 N–H and O–H groups in total. The van der Waals surface area contributed by atoms with E-state index in [-0.39, 0.29) is 0 Å². The van der Waals surface area contributed by atoms with Crippen LogP contribution in [0.15, 0.2) is 0 Å². The summed E-state index contributed by atoms with van der Waals surface area (Å²) >= 11 is 3.44. The second-order valence-corrected chi connectivity index (χ2v) is 2.46. The van der Waals surface area contributed by atoms with Crippen LogP contribution < -0.4 is 0 Å².